The molecule has 1 radical (unpaired) electrons. The van der Waals surface area contributed by atoms with Gasteiger partial charge in [0, 0.05) is 11.9 Å². The van der Waals surface area contributed by atoms with E-state index in [1.807, 2.05) is 11.4 Å². The molecule has 1 saturated heterocycles. The van der Waals surface area contributed by atoms with Crippen molar-refractivity contribution in [3.63, 3.8) is 0 Å². The molecule has 61 valence electrons. The van der Waals surface area contributed by atoms with Gasteiger partial charge in [0.05, 0.1) is 12.5 Å². The van der Waals surface area contributed by atoms with Crippen molar-refractivity contribution < 1.29 is 4.52 Å². The molecule has 10 heavy (non-hydrogen) atoms. The Kier molecular flexibility index (Phi) is 3.86. The smallest absolute Gasteiger partial charge is 0.0873 e. The number of hydrogen-bond donors (Lipinski definition) is 1. The van der Waals surface area contributed by atoms with Crippen molar-refractivity contribution in [2.75, 3.05) is 18.5 Å². The Morgan fingerprint density at radius 2 is 2.40 bits per heavy atom. The van der Waals surface area contributed by atoms with Crippen molar-refractivity contribution in [2.24, 2.45) is 0 Å². The monoisotopic (exact) mass is 197 g/mol. The average Bonchev–Trinajstić information content (AvgIpc) is 2.15. The summed E-state index contributed by atoms with van der Waals surface area (Å²) in [6.45, 7) is 3.09. The fourth-order valence-electron chi connectivity index (χ4n) is 0.838. The van der Waals surface area contributed by atoms with Crippen molar-refractivity contribution >= 4 is 29.5 Å². The summed E-state index contributed by atoms with van der Waals surface area (Å²) in [5.74, 6) is -0.0354. The molecular weight excluding hydrogens is 183 g/mol. The van der Waals surface area contributed by atoms with E-state index in [4.69, 9.17) is 4.52 Å². The number of hydrogen-bond acceptors (Lipinski definition) is 3. The van der Waals surface area contributed by atoms with Crippen LogP contribution in [0.15, 0.2) is 0 Å². The van der Waals surface area contributed by atoms with Gasteiger partial charge < -0.3 is 4.52 Å². The quantitative estimate of drug-likeness (QED) is 0.510. The summed E-state index contributed by atoms with van der Waals surface area (Å²) in [5.41, 5.74) is 0. The van der Waals surface area contributed by atoms with Gasteiger partial charge in [-0.05, 0) is 12.8 Å². The van der Waals surface area contributed by atoms with E-state index in [0.717, 1.165) is 12.8 Å². The van der Waals surface area contributed by atoms with Crippen molar-refractivity contribution in [3.05, 3.63) is 0 Å². The van der Waals surface area contributed by atoms with Gasteiger partial charge in [-0.15, -0.1) is 23.6 Å². The van der Waals surface area contributed by atoms with Crippen LogP contribution >= 0.6 is 29.5 Å². The summed E-state index contributed by atoms with van der Waals surface area (Å²) < 4.78 is 5.68. The molecule has 0 aromatic carbocycles. The fourth-order valence-corrected chi connectivity index (χ4v) is 5.53. The van der Waals surface area contributed by atoms with E-state index in [1.54, 1.807) is 0 Å². The molecule has 4 heteroatoms. The van der Waals surface area contributed by atoms with Gasteiger partial charge in [0.2, 0.25) is 0 Å². The third kappa shape index (κ3) is 2.61. The fraction of sp³-hybridized carbons (Fsp3) is 1.00. The van der Waals surface area contributed by atoms with Crippen molar-refractivity contribution in [1.82, 2.24) is 0 Å². The first-order chi connectivity index (χ1) is 4.77. The molecule has 1 rings (SSSR count). The average molecular weight is 197 g/mol. The molecule has 0 aromatic heterocycles. The second-order valence-electron chi connectivity index (χ2n) is 2.33. The molecule has 0 amide bonds. The van der Waals surface area contributed by atoms with Crippen LogP contribution in [0.4, 0.5) is 0 Å². The first-order valence-electron chi connectivity index (χ1n) is 3.67. The van der Waals surface area contributed by atoms with Crippen LogP contribution in [0.1, 0.15) is 19.8 Å². The molecule has 0 spiro atoms. The maximum absolute atomic E-state index is 5.68. The first-order valence-corrected chi connectivity index (χ1v) is 8.30. The molecule has 0 bridgehead atoms. The molecule has 0 N–H and O–H groups in total. The lowest BCUT2D eigenvalue weighted by atomic mass is 10.4. The highest BCUT2D eigenvalue weighted by Gasteiger charge is 2.23. The van der Waals surface area contributed by atoms with Gasteiger partial charge in [0.1, 0.15) is 0 Å². The molecule has 1 aliphatic heterocycles. The van der Waals surface area contributed by atoms with Crippen molar-refractivity contribution in [1.29, 1.82) is 0 Å². The minimum Gasteiger partial charge on any atom is -0.345 e. The van der Waals surface area contributed by atoms with E-state index in [9.17, 15) is 0 Å². The summed E-state index contributed by atoms with van der Waals surface area (Å²) >= 11 is 6.51. The molecule has 1 atom stereocenters. The standard InChI is InChI=1S/C6H14OPS2/c1-2-8(9)7-5-3-4-6-10-8/h9H,2-6H2,1H3. The third-order valence-corrected chi connectivity index (χ3v) is 8.87. The van der Waals surface area contributed by atoms with Gasteiger partial charge >= 0.3 is 0 Å². The van der Waals surface area contributed by atoms with Crippen LogP contribution < -0.4 is 0 Å². The minimum absolute atomic E-state index is 0.929. The van der Waals surface area contributed by atoms with E-state index in [2.05, 4.69) is 19.2 Å². The molecular formula is C6H14OPS2. The Morgan fingerprint density at radius 3 is 3.10 bits per heavy atom. The normalized spacial score (nSPS) is 35.4. The predicted molar refractivity (Wildman–Crippen MR) is 54.1 cm³/mol. The van der Waals surface area contributed by atoms with Gasteiger partial charge in [-0.2, -0.15) is 0 Å². The largest absolute Gasteiger partial charge is 0.345 e. The first kappa shape index (κ1) is 9.18. The highest BCUT2D eigenvalue weighted by atomic mass is 33.1. The summed E-state index contributed by atoms with van der Waals surface area (Å²) in [6.07, 6.45) is 3.61. The molecule has 1 fully saturated rings. The molecule has 1 unspecified atom stereocenters. The predicted octanol–water partition coefficient (Wildman–Crippen LogP) is 3.24. The van der Waals surface area contributed by atoms with Crippen LogP contribution in [0, 0.1) is 0 Å². The minimum atomic E-state index is -1.28. The van der Waals surface area contributed by atoms with Crippen LogP contribution in [0.2, 0.25) is 0 Å². The zero-order chi connectivity index (χ0) is 7.45. The highest BCUT2D eigenvalue weighted by Crippen LogP contribution is 2.75. The van der Waals surface area contributed by atoms with E-state index in [-0.39, 0.29) is 0 Å². The van der Waals surface area contributed by atoms with E-state index in [1.165, 1.54) is 18.6 Å². The van der Waals surface area contributed by atoms with Crippen LogP contribution in [-0.2, 0) is 4.52 Å². The SMILES string of the molecule is CC[P]1(S)OCCCCS1. The molecule has 0 saturated carbocycles. The topological polar surface area (TPSA) is 9.23 Å². The van der Waals surface area contributed by atoms with Gasteiger partial charge in [-0.25, -0.2) is 0 Å². The van der Waals surface area contributed by atoms with Gasteiger partial charge in [-0.3, -0.25) is 0 Å². The van der Waals surface area contributed by atoms with E-state index in [0.29, 0.717) is 0 Å². The Bertz CT molecular complexity index is 102. The van der Waals surface area contributed by atoms with Crippen molar-refractivity contribution in [2.45, 2.75) is 19.8 Å². The Hall–Kier alpha value is 1.09. The summed E-state index contributed by atoms with van der Waals surface area (Å²) in [7, 11) is 0. The van der Waals surface area contributed by atoms with E-state index >= 15 is 0 Å². The molecule has 1 nitrogen and oxygen atoms in total. The van der Waals surface area contributed by atoms with Crippen LogP contribution in [-0.4, -0.2) is 18.5 Å². The molecule has 0 aromatic rings. The maximum Gasteiger partial charge on any atom is 0.0873 e. The van der Waals surface area contributed by atoms with Gasteiger partial charge in [0.15, 0.2) is 0 Å². The second-order valence-corrected chi connectivity index (χ2v) is 10.5. The lowest BCUT2D eigenvalue weighted by Crippen LogP contribution is -1.90. The number of rotatable bonds is 1. The van der Waals surface area contributed by atoms with Gasteiger partial charge in [-0.1, -0.05) is 6.92 Å². The summed E-state index contributed by atoms with van der Waals surface area (Å²) in [5, 5.41) is 0. The van der Waals surface area contributed by atoms with Crippen LogP contribution in [0.5, 0.6) is 0 Å². The maximum atomic E-state index is 5.68. The van der Waals surface area contributed by atoms with E-state index < -0.39 is 5.89 Å². The van der Waals surface area contributed by atoms with Gasteiger partial charge in [0.25, 0.3) is 0 Å². The third-order valence-electron chi connectivity index (χ3n) is 1.52. The Labute approximate surface area is 72.6 Å². The highest BCUT2D eigenvalue weighted by molar-refractivity contribution is 8.88. The lowest BCUT2D eigenvalue weighted by molar-refractivity contribution is 0.350. The summed E-state index contributed by atoms with van der Waals surface area (Å²) in [4.78, 5) is 0. The molecule has 1 heterocycles. The second kappa shape index (κ2) is 4.20. The lowest BCUT2D eigenvalue weighted by Gasteiger charge is -2.25. The zero-order valence-corrected chi connectivity index (χ0v) is 8.85. The molecule has 0 aliphatic carbocycles. The summed E-state index contributed by atoms with van der Waals surface area (Å²) in [6, 6.07) is 0. The van der Waals surface area contributed by atoms with Crippen molar-refractivity contribution in [3.8, 4) is 0 Å². The Morgan fingerprint density at radius 1 is 1.60 bits per heavy atom. The van der Waals surface area contributed by atoms with Crippen LogP contribution in [0.25, 0.3) is 0 Å². The molecule has 1 aliphatic rings. The number of thiol groups is 1. The van der Waals surface area contributed by atoms with Crippen LogP contribution in [0.3, 0.4) is 0 Å². The zero-order valence-electron chi connectivity index (χ0n) is 6.25. The Balaban J connectivity index is 2.41.